The molecule has 6 nitrogen and oxygen atoms in total. The van der Waals surface area contributed by atoms with Crippen LogP contribution in [0, 0.1) is 0 Å². The quantitative estimate of drug-likeness (QED) is 0.747. The molecule has 0 radical (unpaired) electrons. The molecule has 0 saturated carbocycles. The molecule has 0 spiro atoms. The predicted octanol–water partition coefficient (Wildman–Crippen LogP) is 2.50. The number of aromatic nitrogens is 2. The van der Waals surface area contributed by atoms with Crippen molar-refractivity contribution in [2.45, 2.75) is 19.9 Å². The predicted molar refractivity (Wildman–Crippen MR) is 75.6 cm³/mol. The van der Waals surface area contributed by atoms with Crippen LogP contribution in [0.3, 0.4) is 0 Å². The fourth-order valence-corrected chi connectivity index (χ4v) is 1.73. The lowest BCUT2D eigenvalue weighted by molar-refractivity contribution is 0.101. The lowest BCUT2D eigenvalue weighted by Gasteiger charge is -2.13. The van der Waals surface area contributed by atoms with Gasteiger partial charge in [-0.05, 0) is 38.1 Å². The van der Waals surface area contributed by atoms with E-state index in [-0.39, 0.29) is 17.9 Å². The molecular formula is C14H16N4O2. The van der Waals surface area contributed by atoms with Gasteiger partial charge in [-0.15, -0.1) is 0 Å². The Morgan fingerprint density at radius 1 is 1.25 bits per heavy atom. The average Bonchev–Trinajstić information content (AvgIpc) is 2.93. The first-order valence-corrected chi connectivity index (χ1v) is 6.23. The Morgan fingerprint density at radius 3 is 2.50 bits per heavy atom. The third-order valence-electron chi connectivity index (χ3n) is 2.92. The topological polar surface area (TPSA) is 86.9 Å². The van der Waals surface area contributed by atoms with Crippen molar-refractivity contribution in [2.75, 3.05) is 5.32 Å². The number of hydrogen-bond donors (Lipinski definition) is 3. The van der Waals surface area contributed by atoms with Gasteiger partial charge in [-0.1, -0.05) is 0 Å². The van der Waals surface area contributed by atoms with Gasteiger partial charge in [0.05, 0.1) is 12.2 Å². The molecule has 0 aliphatic heterocycles. The number of nitrogens with zero attached hydrogens (tertiary/aromatic N) is 1. The second-order valence-corrected chi connectivity index (χ2v) is 4.49. The molecule has 104 valence electrons. The highest BCUT2D eigenvalue weighted by molar-refractivity contribution is 5.95. The molecule has 0 fully saturated rings. The maximum Gasteiger partial charge on any atom is 0.319 e. The molecule has 2 aromatic rings. The third kappa shape index (κ3) is 3.44. The molecule has 0 saturated heterocycles. The van der Waals surface area contributed by atoms with Crippen molar-refractivity contribution in [3.8, 4) is 0 Å². The van der Waals surface area contributed by atoms with E-state index in [1.165, 1.54) is 6.92 Å². The SMILES string of the molecule is CC(=O)c1ccc(NC(=O)NC(C)c2cn[nH]c2)cc1. The number of aromatic amines is 1. The van der Waals surface area contributed by atoms with Crippen molar-refractivity contribution in [2.24, 2.45) is 0 Å². The van der Waals surface area contributed by atoms with Gasteiger partial charge in [0.15, 0.2) is 5.78 Å². The summed E-state index contributed by atoms with van der Waals surface area (Å²) in [6, 6.07) is 6.28. The standard InChI is InChI=1S/C14H16N4O2/c1-9(12-7-15-16-8-12)17-14(20)18-13-5-3-11(4-6-13)10(2)19/h3-9H,1-2H3,(H,15,16)(H2,17,18,20). The van der Waals surface area contributed by atoms with Crippen LogP contribution in [0.1, 0.15) is 35.8 Å². The number of nitrogens with one attached hydrogen (secondary N) is 3. The number of H-pyrrole nitrogens is 1. The molecule has 3 N–H and O–H groups in total. The summed E-state index contributed by atoms with van der Waals surface area (Å²) in [6.45, 7) is 3.37. The summed E-state index contributed by atoms with van der Waals surface area (Å²) in [7, 11) is 0. The number of benzene rings is 1. The lowest BCUT2D eigenvalue weighted by atomic mass is 10.1. The molecule has 1 heterocycles. The first-order valence-electron chi connectivity index (χ1n) is 6.23. The molecule has 1 unspecified atom stereocenters. The Hall–Kier alpha value is -2.63. The van der Waals surface area contributed by atoms with E-state index in [1.54, 1.807) is 36.7 Å². The number of ketones is 1. The molecule has 2 rings (SSSR count). The molecule has 1 aromatic carbocycles. The van der Waals surface area contributed by atoms with Crippen LogP contribution in [0.2, 0.25) is 0 Å². The van der Waals surface area contributed by atoms with Crippen molar-refractivity contribution in [1.82, 2.24) is 15.5 Å². The number of anilines is 1. The summed E-state index contributed by atoms with van der Waals surface area (Å²) in [5.74, 6) is -0.00502. The monoisotopic (exact) mass is 272 g/mol. The second kappa shape index (κ2) is 6.01. The Bertz CT molecular complexity index is 590. The molecule has 2 amide bonds. The van der Waals surface area contributed by atoms with E-state index < -0.39 is 0 Å². The zero-order valence-corrected chi connectivity index (χ0v) is 11.3. The Labute approximate surface area is 116 Å². The molecule has 0 aliphatic carbocycles. The van der Waals surface area contributed by atoms with Crippen molar-refractivity contribution in [1.29, 1.82) is 0 Å². The molecule has 1 atom stereocenters. The number of rotatable bonds is 4. The van der Waals surface area contributed by atoms with Gasteiger partial charge in [0.25, 0.3) is 0 Å². The number of carbonyl (C=O) groups excluding carboxylic acids is 2. The zero-order valence-electron chi connectivity index (χ0n) is 11.3. The number of carbonyl (C=O) groups is 2. The van der Waals surface area contributed by atoms with E-state index in [0.29, 0.717) is 11.3 Å². The van der Waals surface area contributed by atoms with Crippen LogP contribution in [0.15, 0.2) is 36.7 Å². The molecule has 1 aromatic heterocycles. The van der Waals surface area contributed by atoms with Crippen LogP contribution < -0.4 is 10.6 Å². The van der Waals surface area contributed by atoms with Gasteiger partial charge >= 0.3 is 6.03 Å². The summed E-state index contributed by atoms with van der Waals surface area (Å²) in [5.41, 5.74) is 2.14. The molecule has 6 heteroatoms. The second-order valence-electron chi connectivity index (χ2n) is 4.49. The van der Waals surface area contributed by atoms with Crippen molar-refractivity contribution >= 4 is 17.5 Å². The number of hydrogen-bond acceptors (Lipinski definition) is 3. The minimum atomic E-state index is -0.311. The van der Waals surface area contributed by atoms with Gasteiger partial charge in [0, 0.05) is 23.0 Å². The van der Waals surface area contributed by atoms with Crippen LogP contribution in [-0.2, 0) is 0 Å². The van der Waals surface area contributed by atoms with E-state index >= 15 is 0 Å². The van der Waals surface area contributed by atoms with Gasteiger partial charge in [-0.3, -0.25) is 9.89 Å². The summed E-state index contributed by atoms with van der Waals surface area (Å²) < 4.78 is 0. The van der Waals surface area contributed by atoms with Crippen molar-refractivity contribution in [3.63, 3.8) is 0 Å². The highest BCUT2D eigenvalue weighted by Gasteiger charge is 2.10. The minimum Gasteiger partial charge on any atom is -0.331 e. The molecule has 20 heavy (non-hydrogen) atoms. The highest BCUT2D eigenvalue weighted by atomic mass is 16.2. The molecular weight excluding hydrogens is 256 g/mol. The smallest absolute Gasteiger partial charge is 0.319 e. The van der Waals surface area contributed by atoms with Crippen molar-refractivity contribution in [3.05, 3.63) is 47.8 Å². The lowest BCUT2D eigenvalue weighted by Crippen LogP contribution is -2.30. The molecule has 0 aliphatic rings. The Balaban J connectivity index is 1.92. The van der Waals surface area contributed by atoms with E-state index in [4.69, 9.17) is 0 Å². The zero-order chi connectivity index (χ0) is 14.5. The Morgan fingerprint density at radius 2 is 1.95 bits per heavy atom. The largest absolute Gasteiger partial charge is 0.331 e. The van der Waals surface area contributed by atoms with Crippen LogP contribution in [0.5, 0.6) is 0 Å². The van der Waals surface area contributed by atoms with E-state index in [2.05, 4.69) is 20.8 Å². The van der Waals surface area contributed by atoms with Crippen LogP contribution >= 0.6 is 0 Å². The third-order valence-corrected chi connectivity index (χ3v) is 2.92. The fourth-order valence-electron chi connectivity index (χ4n) is 1.73. The van der Waals surface area contributed by atoms with Crippen LogP contribution in [0.25, 0.3) is 0 Å². The Kier molecular flexibility index (Phi) is 4.14. The first kappa shape index (κ1) is 13.8. The number of amides is 2. The van der Waals surface area contributed by atoms with Crippen LogP contribution in [-0.4, -0.2) is 22.0 Å². The maximum absolute atomic E-state index is 11.8. The normalized spacial score (nSPS) is 11.7. The molecule has 0 bridgehead atoms. The highest BCUT2D eigenvalue weighted by Crippen LogP contribution is 2.12. The van der Waals surface area contributed by atoms with Gasteiger partial charge < -0.3 is 10.6 Å². The average molecular weight is 272 g/mol. The maximum atomic E-state index is 11.8. The van der Waals surface area contributed by atoms with E-state index in [9.17, 15) is 9.59 Å². The van der Waals surface area contributed by atoms with E-state index in [0.717, 1.165) is 5.56 Å². The van der Waals surface area contributed by atoms with Gasteiger partial charge in [-0.25, -0.2) is 4.79 Å². The summed E-state index contributed by atoms with van der Waals surface area (Å²) >= 11 is 0. The first-order chi connectivity index (χ1) is 9.56. The number of urea groups is 1. The summed E-state index contributed by atoms with van der Waals surface area (Å²) in [5, 5.41) is 12.0. The number of Topliss-reactive ketones (excluding diaryl/α,β-unsaturated/α-hetero) is 1. The fraction of sp³-hybridized carbons (Fsp3) is 0.214. The van der Waals surface area contributed by atoms with Gasteiger partial charge in [0.2, 0.25) is 0 Å². The minimum absolute atomic E-state index is 0.00502. The van der Waals surface area contributed by atoms with Crippen LogP contribution in [0.4, 0.5) is 10.5 Å². The van der Waals surface area contributed by atoms with E-state index in [1.807, 2.05) is 6.92 Å². The summed E-state index contributed by atoms with van der Waals surface area (Å²) in [6.07, 6.45) is 3.39. The van der Waals surface area contributed by atoms with Gasteiger partial charge in [-0.2, -0.15) is 5.10 Å². The summed E-state index contributed by atoms with van der Waals surface area (Å²) in [4.78, 5) is 23.0. The van der Waals surface area contributed by atoms with Gasteiger partial charge in [0.1, 0.15) is 0 Å². The van der Waals surface area contributed by atoms with Crippen molar-refractivity contribution < 1.29 is 9.59 Å².